The summed E-state index contributed by atoms with van der Waals surface area (Å²) < 4.78 is 28.6. The van der Waals surface area contributed by atoms with E-state index < -0.39 is 34.6 Å². The molecule has 1 aromatic heterocycles. The quantitative estimate of drug-likeness (QED) is 0.753. The summed E-state index contributed by atoms with van der Waals surface area (Å²) in [6.07, 6.45) is 4.11. The van der Waals surface area contributed by atoms with E-state index in [1.807, 2.05) is 0 Å². The molecule has 2 fully saturated rings. The van der Waals surface area contributed by atoms with E-state index in [1.165, 1.54) is 10.8 Å². The highest BCUT2D eigenvalue weighted by Crippen LogP contribution is 2.45. The summed E-state index contributed by atoms with van der Waals surface area (Å²) >= 11 is 5.83. The Hall–Kier alpha value is -2.94. The number of hydrogen-bond acceptors (Lipinski definition) is 4. The number of pyridine rings is 1. The Morgan fingerprint density at radius 2 is 2.03 bits per heavy atom. The number of carbonyl (C=O) groups excluding carboxylic acids is 2. The first-order valence-electron chi connectivity index (χ1n) is 9.97. The van der Waals surface area contributed by atoms with E-state index in [2.05, 4.69) is 5.32 Å². The Balaban J connectivity index is 1.44. The maximum atomic E-state index is 14.0. The molecule has 1 aliphatic carbocycles. The number of nitrogens with zero attached hydrogens (tertiary/aromatic N) is 2. The molecule has 1 saturated heterocycles. The van der Waals surface area contributed by atoms with Gasteiger partial charge in [-0.3, -0.25) is 14.4 Å². The van der Waals surface area contributed by atoms with E-state index in [4.69, 9.17) is 11.6 Å². The molecular formula is C21H18ClF2N3O4. The highest BCUT2D eigenvalue weighted by molar-refractivity contribution is 6.31. The predicted molar refractivity (Wildman–Crippen MR) is 106 cm³/mol. The smallest absolute Gasteiger partial charge is 0.275 e. The van der Waals surface area contributed by atoms with Crippen LogP contribution in [0.3, 0.4) is 0 Å². The molecule has 3 heterocycles. The number of amides is 2. The molecule has 2 amide bonds. The number of carbonyl (C=O) groups is 2. The summed E-state index contributed by atoms with van der Waals surface area (Å²) in [6, 6.07) is 1.66. The van der Waals surface area contributed by atoms with Crippen LogP contribution in [0.2, 0.25) is 5.02 Å². The molecule has 2 aliphatic heterocycles. The highest BCUT2D eigenvalue weighted by Gasteiger charge is 2.51. The van der Waals surface area contributed by atoms with Gasteiger partial charge in [0.25, 0.3) is 11.8 Å². The van der Waals surface area contributed by atoms with E-state index >= 15 is 0 Å². The van der Waals surface area contributed by atoms with Gasteiger partial charge in [0.15, 0.2) is 11.4 Å². The molecule has 162 valence electrons. The number of hydrogen-bond donors (Lipinski definition) is 2. The zero-order chi connectivity index (χ0) is 22.0. The minimum atomic E-state index is -0.981. The van der Waals surface area contributed by atoms with Crippen molar-refractivity contribution in [3.63, 3.8) is 0 Å². The molecule has 1 saturated carbocycles. The van der Waals surface area contributed by atoms with Crippen LogP contribution in [0.25, 0.3) is 0 Å². The fraction of sp³-hybridized carbons (Fsp3) is 0.381. The van der Waals surface area contributed by atoms with Crippen LogP contribution in [-0.4, -0.2) is 38.5 Å². The van der Waals surface area contributed by atoms with Crippen molar-refractivity contribution >= 4 is 23.4 Å². The van der Waals surface area contributed by atoms with E-state index in [-0.39, 0.29) is 40.5 Å². The summed E-state index contributed by atoms with van der Waals surface area (Å²) in [6.45, 7) is -0.000398. The number of piperidine rings is 1. The second kappa shape index (κ2) is 7.05. The minimum absolute atomic E-state index is 0.0244. The maximum absolute atomic E-state index is 14.0. The molecular weight excluding hydrogens is 432 g/mol. The summed E-state index contributed by atoms with van der Waals surface area (Å²) in [5.41, 5.74) is -1.60. The number of benzene rings is 1. The van der Waals surface area contributed by atoms with Gasteiger partial charge >= 0.3 is 0 Å². The van der Waals surface area contributed by atoms with Gasteiger partial charge in [-0.1, -0.05) is 11.6 Å². The Morgan fingerprint density at radius 3 is 2.77 bits per heavy atom. The van der Waals surface area contributed by atoms with Crippen LogP contribution >= 0.6 is 11.6 Å². The van der Waals surface area contributed by atoms with Gasteiger partial charge in [0.1, 0.15) is 17.2 Å². The van der Waals surface area contributed by atoms with Crippen molar-refractivity contribution in [1.29, 1.82) is 0 Å². The molecule has 2 N–H and O–H groups in total. The highest BCUT2D eigenvalue weighted by atomic mass is 35.5. The molecule has 2 bridgehead atoms. The van der Waals surface area contributed by atoms with Gasteiger partial charge < -0.3 is 19.9 Å². The van der Waals surface area contributed by atoms with Crippen molar-refractivity contribution in [2.75, 3.05) is 0 Å². The monoisotopic (exact) mass is 449 g/mol. The van der Waals surface area contributed by atoms with Crippen molar-refractivity contribution in [3.05, 3.63) is 62.0 Å². The first kappa shape index (κ1) is 20.0. The van der Waals surface area contributed by atoms with Gasteiger partial charge in [-0.05, 0) is 31.2 Å². The van der Waals surface area contributed by atoms with Crippen LogP contribution in [0.15, 0.2) is 23.1 Å². The zero-order valence-corrected chi connectivity index (χ0v) is 17.0. The Bertz CT molecular complexity index is 1170. The molecule has 31 heavy (non-hydrogen) atoms. The zero-order valence-electron chi connectivity index (χ0n) is 16.2. The second-order valence-corrected chi connectivity index (χ2v) is 8.67. The number of nitrogens with one attached hydrogen (secondary N) is 1. The first-order chi connectivity index (χ1) is 14.8. The molecule has 3 aliphatic rings. The normalized spacial score (nSPS) is 23.6. The number of fused-ring (bicyclic) bond motifs is 6. The predicted octanol–water partition coefficient (Wildman–Crippen LogP) is 2.42. The standard InChI is InChI=1S/C21H18ClF2N3O4/c22-14-4-10(23)5-15(24)12(14)6-25-20(30)13-7-26-8-16-9-1-2-11(3-9)27(16)21(31)17(26)19(29)18(13)28/h4-5,7,9,11,16,29H,1-3,6,8H2,(H,25,30)/t9?,11-,16-/m0/s1. The van der Waals surface area contributed by atoms with Crippen molar-refractivity contribution in [3.8, 4) is 5.75 Å². The fourth-order valence-corrected chi connectivity index (χ4v) is 5.42. The van der Waals surface area contributed by atoms with Gasteiger partial charge in [0.05, 0.1) is 11.1 Å². The fourth-order valence-electron chi connectivity index (χ4n) is 5.15. The lowest BCUT2D eigenvalue weighted by Crippen LogP contribution is -2.52. The second-order valence-electron chi connectivity index (χ2n) is 8.26. The van der Waals surface area contributed by atoms with Crippen LogP contribution in [0.1, 0.15) is 45.7 Å². The average Bonchev–Trinajstić information content (AvgIpc) is 3.31. The summed E-state index contributed by atoms with van der Waals surface area (Å²) in [7, 11) is 0. The van der Waals surface area contributed by atoms with Crippen LogP contribution in [-0.2, 0) is 13.1 Å². The van der Waals surface area contributed by atoms with Crippen LogP contribution in [0.5, 0.6) is 5.75 Å². The van der Waals surface area contributed by atoms with Crippen LogP contribution in [0, 0.1) is 17.6 Å². The third-order valence-corrected chi connectivity index (χ3v) is 6.93. The molecule has 0 spiro atoms. The van der Waals surface area contributed by atoms with Gasteiger partial charge in [-0.15, -0.1) is 0 Å². The third kappa shape index (κ3) is 3.02. The van der Waals surface area contributed by atoms with E-state index in [9.17, 15) is 28.3 Å². The number of aromatic hydroxyl groups is 1. The van der Waals surface area contributed by atoms with Crippen molar-refractivity contribution < 1.29 is 23.5 Å². The lowest BCUT2D eigenvalue weighted by molar-refractivity contribution is 0.0482. The van der Waals surface area contributed by atoms with Crippen molar-refractivity contribution in [1.82, 2.24) is 14.8 Å². The van der Waals surface area contributed by atoms with Gasteiger partial charge in [0.2, 0.25) is 5.43 Å². The van der Waals surface area contributed by atoms with Crippen LogP contribution in [0.4, 0.5) is 8.78 Å². The van der Waals surface area contributed by atoms with Gasteiger partial charge in [-0.25, -0.2) is 8.78 Å². The van der Waals surface area contributed by atoms with Crippen molar-refractivity contribution in [2.45, 2.75) is 44.4 Å². The SMILES string of the molecule is O=C(NCc1c(F)cc(F)cc1Cl)c1cn2c(c(O)c1=O)C(=O)N1[C@H]3CCC(C3)[C@@H]1C2. The van der Waals surface area contributed by atoms with E-state index in [0.29, 0.717) is 18.5 Å². The minimum Gasteiger partial charge on any atom is -0.503 e. The molecule has 1 unspecified atom stereocenters. The molecule has 2 aromatic rings. The molecule has 10 heteroatoms. The van der Waals surface area contributed by atoms with E-state index in [0.717, 1.165) is 25.3 Å². The van der Waals surface area contributed by atoms with Gasteiger partial charge in [-0.2, -0.15) is 0 Å². The average molecular weight is 450 g/mol. The molecule has 3 atom stereocenters. The third-order valence-electron chi connectivity index (χ3n) is 6.59. The number of halogens is 3. The molecule has 0 radical (unpaired) electrons. The van der Waals surface area contributed by atoms with E-state index in [1.54, 1.807) is 4.90 Å². The van der Waals surface area contributed by atoms with Gasteiger partial charge in [0, 0.05) is 37.0 Å². The molecule has 1 aromatic carbocycles. The Kier molecular flexibility index (Phi) is 4.55. The topological polar surface area (TPSA) is 91.6 Å². The number of aromatic nitrogens is 1. The van der Waals surface area contributed by atoms with Crippen molar-refractivity contribution in [2.24, 2.45) is 5.92 Å². The first-order valence-corrected chi connectivity index (χ1v) is 10.3. The van der Waals surface area contributed by atoms with Crippen LogP contribution < -0.4 is 10.7 Å². The summed E-state index contributed by atoms with van der Waals surface area (Å²) in [4.78, 5) is 40.0. The Labute approximate surface area is 180 Å². The molecule has 5 rings (SSSR count). The number of rotatable bonds is 3. The lowest BCUT2D eigenvalue weighted by atomic mass is 9.95. The largest absolute Gasteiger partial charge is 0.503 e. The lowest BCUT2D eigenvalue weighted by Gasteiger charge is -2.40. The maximum Gasteiger partial charge on any atom is 0.275 e. The summed E-state index contributed by atoms with van der Waals surface area (Å²) in [5, 5.41) is 12.6. The Morgan fingerprint density at radius 1 is 1.26 bits per heavy atom. The summed E-state index contributed by atoms with van der Waals surface area (Å²) in [5.74, 6) is -3.45. The molecule has 7 nitrogen and oxygen atoms in total.